The maximum atomic E-state index is 11.7. The second-order valence-electron chi connectivity index (χ2n) is 7.28. The van der Waals surface area contributed by atoms with E-state index in [-0.39, 0.29) is 12.0 Å². The van der Waals surface area contributed by atoms with Crippen molar-refractivity contribution in [2.45, 2.75) is 46.3 Å². The Morgan fingerprint density at radius 1 is 1.23 bits per heavy atom. The Bertz CT molecular complexity index is 856. The standard InChI is InChI=1S/C17H27N5O3S/c1-12(2)16(20-26(4,23)24)17-19-18-15-7-8-21(9-10-22(15)17)11-14-6-5-13(3)25-14/h5-6,12,16,20H,7-11H2,1-4H3. The third-order valence-corrected chi connectivity index (χ3v) is 5.29. The minimum absolute atomic E-state index is 0.0727. The van der Waals surface area contributed by atoms with Crippen LogP contribution in [0.3, 0.4) is 0 Å². The largest absolute Gasteiger partial charge is 0.465 e. The average molecular weight is 382 g/mol. The van der Waals surface area contributed by atoms with E-state index in [1.54, 1.807) is 0 Å². The molecule has 9 heteroatoms. The van der Waals surface area contributed by atoms with Gasteiger partial charge in [-0.25, -0.2) is 13.1 Å². The van der Waals surface area contributed by atoms with Gasteiger partial charge in [-0.05, 0) is 25.0 Å². The summed E-state index contributed by atoms with van der Waals surface area (Å²) in [4.78, 5) is 2.32. The summed E-state index contributed by atoms with van der Waals surface area (Å²) in [5.41, 5.74) is 0. The van der Waals surface area contributed by atoms with E-state index < -0.39 is 10.0 Å². The van der Waals surface area contributed by atoms with Gasteiger partial charge in [-0.15, -0.1) is 10.2 Å². The molecule has 1 aliphatic rings. The van der Waals surface area contributed by atoms with Crippen LogP contribution in [0.4, 0.5) is 0 Å². The van der Waals surface area contributed by atoms with Crippen molar-refractivity contribution in [3.05, 3.63) is 35.3 Å². The molecule has 3 rings (SSSR count). The molecule has 1 aliphatic heterocycles. The van der Waals surface area contributed by atoms with E-state index in [0.29, 0.717) is 5.82 Å². The van der Waals surface area contributed by atoms with E-state index in [1.165, 1.54) is 6.26 Å². The van der Waals surface area contributed by atoms with Crippen LogP contribution in [0.2, 0.25) is 0 Å². The lowest BCUT2D eigenvalue weighted by atomic mass is 10.1. The van der Waals surface area contributed by atoms with Gasteiger partial charge in [0.05, 0.1) is 18.8 Å². The first-order chi connectivity index (χ1) is 12.2. The van der Waals surface area contributed by atoms with Gasteiger partial charge in [0, 0.05) is 26.1 Å². The molecule has 3 heterocycles. The number of fused-ring (bicyclic) bond motifs is 1. The molecule has 144 valence electrons. The molecule has 0 aromatic carbocycles. The Balaban J connectivity index is 1.76. The van der Waals surface area contributed by atoms with E-state index in [2.05, 4.69) is 24.4 Å². The highest BCUT2D eigenvalue weighted by Crippen LogP contribution is 2.23. The normalized spacial score (nSPS) is 17.3. The van der Waals surface area contributed by atoms with Crippen molar-refractivity contribution in [1.29, 1.82) is 0 Å². The van der Waals surface area contributed by atoms with Crippen molar-refractivity contribution < 1.29 is 12.8 Å². The van der Waals surface area contributed by atoms with Gasteiger partial charge in [0.25, 0.3) is 0 Å². The zero-order valence-corrected chi connectivity index (χ0v) is 16.6. The van der Waals surface area contributed by atoms with E-state index in [0.717, 1.165) is 49.9 Å². The topological polar surface area (TPSA) is 93.3 Å². The van der Waals surface area contributed by atoms with Crippen molar-refractivity contribution in [2.24, 2.45) is 5.92 Å². The summed E-state index contributed by atoms with van der Waals surface area (Å²) in [6.07, 6.45) is 1.95. The molecule has 0 fully saturated rings. The van der Waals surface area contributed by atoms with Crippen LogP contribution in [0, 0.1) is 12.8 Å². The van der Waals surface area contributed by atoms with Crippen LogP contribution >= 0.6 is 0 Å². The van der Waals surface area contributed by atoms with E-state index in [1.807, 2.05) is 32.9 Å². The fraction of sp³-hybridized carbons (Fsp3) is 0.647. The van der Waals surface area contributed by atoms with Crippen LogP contribution < -0.4 is 4.72 Å². The number of aryl methyl sites for hydroxylation is 1. The van der Waals surface area contributed by atoms with Crippen molar-refractivity contribution >= 4 is 10.0 Å². The SMILES string of the molecule is Cc1ccc(CN2CCc3nnc(C(NS(C)(=O)=O)C(C)C)n3CC2)o1. The molecular formula is C17H27N5O3S. The molecule has 2 aromatic rings. The molecule has 0 spiro atoms. The van der Waals surface area contributed by atoms with Gasteiger partial charge in [-0.3, -0.25) is 4.90 Å². The molecule has 1 N–H and O–H groups in total. The molecule has 0 saturated carbocycles. The Morgan fingerprint density at radius 3 is 2.62 bits per heavy atom. The lowest BCUT2D eigenvalue weighted by molar-refractivity contribution is 0.245. The highest BCUT2D eigenvalue weighted by atomic mass is 32.2. The van der Waals surface area contributed by atoms with Crippen LogP contribution in [0.1, 0.15) is 43.1 Å². The maximum absolute atomic E-state index is 11.7. The van der Waals surface area contributed by atoms with Crippen LogP contribution in [-0.2, 0) is 29.5 Å². The number of hydrogen-bond donors (Lipinski definition) is 1. The first kappa shape index (κ1) is 19.1. The Kier molecular flexibility index (Phi) is 5.50. The van der Waals surface area contributed by atoms with Gasteiger partial charge in [-0.2, -0.15) is 0 Å². The van der Waals surface area contributed by atoms with Crippen molar-refractivity contribution in [2.75, 3.05) is 19.3 Å². The fourth-order valence-electron chi connectivity index (χ4n) is 3.29. The van der Waals surface area contributed by atoms with E-state index in [4.69, 9.17) is 4.42 Å². The molecule has 1 atom stereocenters. The van der Waals surface area contributed by atoms with Gasteiger partial charge in [0.1, 0.15) is 17.3 Å². The third kappa shape index (κ3) is 4.52. The second-order valence-corrected chi connectivity index (χ2v) is 9.06. The third-order valence-electron chi connectivity index (χ3n) is 4.61. The average Bonchev–Trinajstić information content (AvgIpc) is 3.07. The van der Waals surface area contributed by atoms with Gasteiger partial charge in [0.2, 0.25) is 10.0 Å². The first-order valence-corrected chi connectivity index (χ1v) is 10.8. The highest BCUT2D eigenvalue weighted by molar-refractivity contribution is 7.88. The second kappa shape index (κ2) is 7.50. The van der Waals surface area contributed by atoms with Crippen molar-refractivity contribution in [1.82, 2.24) is 24.4 Å². The molecule has 0 radical (unpaired) electrons. The summed E-state index contributed by atoms with van der Waals surface area (Å²) in [5.74, 6) is 3.54. The number of hydrogen-bond acceptors (Lipinski definition) is 6. The Morgan fingerprint density at radius 2 is 2.00 bits per heavy atom. The first-order valence-electron chi connectivity index (χ1n) is 8.90. The quantitative estimate of drug-likeness (QED) is 0.815. The summed E-state index contributed by atoms with van der Waals surface area (Å²) < 4.78 is 33.9. The molecule has 26 heavy (non-hydrogen) atoms. The molecule has 2 aromatic heterocycles. The monoisotopic (exact) mass is 381 g/mol. The number of rotatable bonds is 6. The van der Waals surface area contributed by atoms with Crippen molar-refractivity contribution in [3.8, 4) is 0 Å². The summed E-state index contributed by atoms with van der Waals surface area (Å²) in [6.45, 7) is 9.09. The molecule has 0 saturated heterocycles. The molecular weight excluding hydrogens is 354 g/mol. The van der Waals surface area contributed by atoms with Gasteiger partial charge in [0.15, 0.2) is 5.82 Å². The maximum Gasteiger partial charge on any atom is 0.209 e. The number of nitrogens with zero attached hydrogens (tertiary/aromatic N) is 4. The zero-order valence-electron chi connectivity index (χ0n) is 15.8. The summed E-state index contributed by atoms with van der Waals surface area (Å²) in [7, 11) is -3.33. The number of aromatic nitrogens is 3. The smallest absolute Gasteiger partial charge is 0.209 e. The minimum atomic E-state index is -3.33. The minimum Gasteiger partial charge on any atom is -0.465 e. The molecule has 0 aliphatic carbocycles. The molecule has 8 nitrogen and oxygen atoms in total. The number of furan rings is 1. The number of nitrogens with one attached hydrogen (secondary N) is 1. The summed E-state index contributed by atoms with van der Waals surface area (Å²) in [5, 5.41) is 8.63. The van der Waals surface area contributed by atoms with Gasteiger partial charge < -0.3 is 8.98 Å². The van der Waals surface area contributed by atoms with Gasteiger partial charge in [-0.1, -0.05) is 13.8 Å². The van der Waals surface area contributed by atoms with Crippen LogP contribution in [0.15, 0.2) is 16.5 Å². The van der Waals surface area contributed by atoms with Gasteiger partial charge >= 0.3 is 0 Å². The predicted molar refractivity (Wildman–Crippen MR) is 98.0 cm³/mol. The lowest BCUT2D eigenvalue weighted by Crippen LogP contribution is -2.33. The van der Waals surface area contributed by atoms with Crippen molar-refractivity contribution in [3.63, 3.8) is 0 Å². The van der Waals surface area contributed by atoms with Crippen LogP contribution in [0.5, 0.6) is 0 Å². The molecule has 0 amide bonds. The predicted octanol–water partition coefficient (Wildman–Crippen LogP) is 1.48. The highest BCUT2D eigenvalue weighted by Gasteiger charge is 2.28. The lowest BCUT2D eigenvalue weighted by Gasteiger charge is -2.22. The number of sulfonamides is 1. The molecule has 1 unspecified atom stereocenters. The van der Waals surface area contributed by atoms with Crippen LogP contribution in [-0.4, -0.2) is 47.4 Å². The Hall–Kier alpha value is -1.71. The zero-order chi connectivity index (χ0) is 18.9. The van der Waals surface area contributed by atoms with E-state index in [9.17, 15) is 8.42 Å². The fourth-order valence-corrected chi connectivity index (χ4v) is 4.12. The Labute approximate surface area is 154 Å². The summed E-state index contributed by atoms with van der Waals surface area (Å²) >= 11 is 0. The molecule has 0 bridgehead atoms. The van der Waals surface area contributed by atoms with E-state index >= 15 is 0 Å². The summed E-state index contributed by atoms with van der Waals surface area (Å²) in [6, 6.07) is 3.60. The van der Waals surface area contributed by atoms with Crippen LogP contribution in [0.25, 0.3) is 0 Å².